The zero-order chi connectivity index (χ0) is 29.6. The summed E-state index contributed by atoms with van der Waals surface area (Å²) in [6, 6.07) is 20.5. The van der Waals surface area contributed by atoms with Crippen molar-refractivity contribution in [2.24, 2.45) is 5.92 Å². The molecule has 1 nitrogen and oxygen atoms in total. The van der Waals surface area contributed by atoms with Crippen molar-refractivity contribution in [1.82, 2.24) is 0 Å². The van der Waals surface area contributed by atoms with Gasteiger partial charge in [0.05, 0.1) is 6.61 Å². The van der Waals surface area contributed by atoms with E-state index in [1.165, 1.54) is 68.1 Å². The Labute approximate surface area is 253 Å². The molecule has 1 aliphatic carbocycles. The average molecular weight is 573 g/mol. The Kier molecular flexibility index (Phi) is 13.1. The van der Waals surface area contributed by atoms with Gasteiger partial charge in [0, 0.05) is 5.56 Å². The standard InChI is InChI=1S/C39H50F2O/c1-3-5-7-11-29-42-37-28-27-36(38(40)39(37)41)35-25-23-34(24-26-35)33-21-19-32(20-22-33)14-10-9-13-31-17-15-30(16-18-31)12-8-6-4-2/h10,14-18,23-28,32-33H,3-9,11-13,19-22,29H2,1-2H3. The fraction of sp³-hybridized carbons (Fsp3) is 0.487. The van der Waals surface area contributed by atoms with Crippen LogP contribution in [0.25, 0.3) is 11.1 Å². The van der Waals surface area contributed by atoms with Gasteiger partial charge in [0.1, 0.15) is 0 Å². The van der Waals surface area contributed by atoms with Crippen LogP contribution >= 0.6 is 0 Å². The summed E-state index contributed by atoms with van der Waals surface area (Å²) in [5, 5.41) is 0. The van der Waals surface area contributed by atoms with Gasteiger partial charge in [-0.25, -0.2) is 4.39 Å². The van der Waals surface area contributed by atoms with Crippen molar-refractivity contribution in [1.29, 1.82) is 0 Å². The van der Waals surface area contributed by atoms with Crippen molar-refractivity contribution in [2.45, 2.75) is 110 Å². The number of hydrogen-bond acceptors (Lipinski definition) is 1. The van der Waals surface area contributed by atoms with Gasteiger partial charge >= 0.3 is 0 Å². The summed E-state index contributed by atoms with van der Waals surface area (Å²) in [4.78, 5) is 0. The fourth-order valence-corrected chi connectivity index (χ4v) is 6.15. The minimum atomic E-state index is -0.894. The maximum absolute atomic E-state index is 14.9. The molecule has 0 bridgehead atoms. The molecule has 3 aromatic rings. The maximum Gasteiger partial charge on any atom is 0.201 e. The third kappa shape index (κ3) is 9.54. The molecule has 0 radical (unpaired) electrons. The molecule has 0 heterocycles. The molecule has 1 aliphatic rings. The topological polar surface area (TPSA) is 9.23 Å². The molecule has 0 atom stereocenters. The Hall–Kier alpha value is -2.94. The lowest BCUT2D eigenvalue weighted by molar-refractivity contribution is 0.285. The van der Waals surface area contributed by atoms with E-state index in [9.17, 15) is 8.78 Å². The summed E-state index contributed by atoms with van der Waals surface area (Å²) in [5.41, 5.74) is 5.17. The van der Waals surface area contributed by atoms with Gasteiger partial charge < -0.3 is 4.74 Å². The largest absolute Gasteiger partial charge is 0.490 e. The Morgan fingerprint density at radius 2 is 1.36 bits per heavy atom. The Balaban J connectivity index is 1.21. The van der Waals surface area contributed by atoms with Crippen LogP contribution in [0.2, 0.25) is 0 Å². The Morgan fingerprint density at radius 3 is 2.05 bits per heavy atom. The molecule has 3 heteroatoms. The minimum absolute atomic E-state index is 0.00185. The highest BCUT2D eigenvalue weighted by Crippen LogP contribution is 2.38. The first-order valence-electron chi connectivity index (χ1n) is 16.5. The fourth-order valence-electron chi connectivity index (χ4n) is 6.15. The van der Waals surface area contributed by atoms with Crippen LogP contribution < -0.4 is 4.74 Å². The number of benzene rings is 3. The molecule has 1 saturated carbocycles. The van der Waals surface area contributed by atoms with Crippen molar-refractivity contribution in [3.8, 4) is 16.9 Å². The first-order chi connectivity index (χ1) is 20.6. The second kappa shape index (κ2) is 17.2. The van der Waals surface area contributed by atoms with Crippen LogP contribution in [-0.4, -0.2) is 6.61 Å². The van der Waals surface area contributed by atoms with Crippen molar-refractivity contribution < 1.29 is 13.5 Å². The molecule has 42 heavy (non-hydrogen) atoms. The highest BCUT2D eigenvalue weighted by Gasteiger charge is 2.21. The van der Waals surface area contributed by atoms with Crippen molar-refractivity contribution >= 4 is 0 Å². The van der Waals surface area contributed by atoms with Gasteiger partial charge in [-0.1, -0.05) is 107 Å². The molecule has 3 aromatic carbocycles. The number of rotatable bonds is 16. The Bertz CT molecular complexity index is 1220. The van der Waals surface area contributed by atoms with E-state index < -0.39 is 11.6 Å². The van der Waals surface area contributed by atoms with Gasteiger partial charge in [-0.3, -0.25) is 0 Å². The predicted molar refractivity (Wildman–Crippen MR) is 173 cm³/mol. The number of halogens is 2. The molecular weight excluding hydrogens is 522 g/mol. The smallest absolute Gasteiger partial charge is 0.201 e. The molecule has 0 N–H and O–H groups in total. The normalized spacial score (nSPS) is 17.1. The zero-order valence-electron chi connectivity index (χ0n) is 25.9. The number of ether oxygens (including phenoxy) is 1. The van der Waals surface area contributed by atoms with Crippen LogP contribution in [0.4, 0.5) is 8.78 Å². The highest BCUT2D eigenvalue weighted by atomic mass is 19.2. The van der Waals surface area contributed by atoms with Crippen LogP contribution in [0, 0.1) is 17.6 Å². The van der Waals surface area contributed by atoms with E-state index in [2.05, 4.69) is 62.4 Å². The molecule has 0 aliphatic heterocycles. The van der Waals surface area contributed by atoms with Crippen LogP contribution in [0.1, 0.15) is 114 Å². The van der Waals surface area contributed by atoms with E-state index in [1.54, 1.807) is 12.1 Å². The average Bonchev–Trinajstić information content (AvgIpc) is 3.02. The maximum atomic E-state index is 14.9. The zero-order valence-corrected chi connectivity index (χ0v) is 25.9. The number of aryl methyl sites for hydroxylation is 2. The number of unbranched alkanes of at least 4 members (excludes halogenated alkanes) is 5. The molecular formula is C39H50F2O. The van der Waals surface area contributed by atoms with E-state index in [-0.39, 0.29) is 11.3 Å². The number of hydrogen-bond donors (Lipinski definition) is 0. The monoisotopic (exact) mass is 572 g/mol. The highest BCUT2D eigenvalue weighted by molar-refractivity contribution is 5.65. The van der Waals surface area contributed by atoms with Gasteiger partial charge in [0.2, 0.25) is 5.82 Å². The predicted octanol–water partition coefficient (Wildman–Crippen LogP) is 11.8. The van der Waals surface area contributed by atoms with Gasteiger partial charge in [-0.15, -0.1) is 0 Å². The van der Waals surface area contributed by atoms with E-state index in [0.717, 1.165) is 38.5 Å². The van der Waals surface area contributed by atoms with E-state index >= 15 is 0 Å². The first kappa shape index (κ1) is 32.0. The summed E-state index contributed by atoms with van der Waals surface area (Å²) in [6.07, 6.45) is 21.0. The van der Waals surface area contributed by atoms with Gasteiger partial charge in [0.15, 0.2) is 11.6 Å². The van der Waals surface area contributed by atoms with Crippen LogP contribution in [0.3, 0.4) is 0 Å². The lowest BCUT2D eigenvalue weighted by Crippen LogP contribution is -2.11. The molecule has 0 unspecified atom stereocenters. The third-order valence-electron chi connectivity index (χ3n) is 8.87. The molecule has 0 spiro atoms. The third-order valence-corrected chi connectivity index (χ3v) is 8.87. The van der Waals surface area contributed by atoms with Gasteiger partial charge in [-0.2, -0.15) is 4.39 Å². The van der Waals surface area contributed by atoms with Crippen LogP contribution in [0.5, 0.6) is 5.75 Å². The van der Waals surface area contributed by atoms with Crippen molar-refractivity contribution in [3.05, 3.63) is 101 Å². The van der Waals surface area contributed by atoms with Gasteiger partial charge in [-0.05, 0) is 104 Å². The van der Waals surface area contributed by atoms with Crippen LogP contribution in [-0.2, 0) is 12.8 Å². The van der Waals surface area contributed by atoms with Crippen molar-refractivity contribution in [2.75, 3.05) is 6.61 Å². The minimum Gasteiger partial charge on any atom is -0.490 e. The van der Waals surface area contributed by atoms with Crippen molar-refractivity contribution in [3.63, 3.8) is 0 Å². The molecule has 0 aromatic heterocycles. The summed E-state index contributed by atoms with van der Waals surface area (Å²) in [7, 11) is 0. The second-order valence-corrected chi connectivity index (χ2v) is 12.1. The van der Waals surface area contributed by atoms with Crippen LogP contribution in [0.15, 0.2) is 72.8 Å². The van der Waals surface area contributed by atoms with Gasteiger partial charge in [0.25, 0.3) is 0 Å². The first-order valence-corrected chi connectivity index (χ1v) is 16.5. The summed E-state index contributed by atoms with van der Waals surface area (Å²) in [5.74, 6) is -0.535. The molecule has 0 amide bonds. The molecule has 1 fully saturated rings. The molecule has 4 rings (SSSR count). The number of allylic oxidation sites excluding steroid dienone is 2. The second-order valence-electron chi connectivity index (χ2n) is 12.1. The lowest BCUT2D eigenvalue weighted by atomic mass is 9.78. The Morgan fingerprint density at radius 1 is 0.690 bits per heavy atom. The van der Waals surface area contributed by atoms with E-state index in [0.29, 0.717) is 24.0 Å². The van der Waals surface area contributed by atoms with E-state index in [4.69, 9.17) is 4.74 Å². The quantitative estimate of drug-likeness (QED) is 0.122. The summed E-state index contributed by atoms with van der Waals surface area (Å²) < 4.78 is 35.1. The lowest BCUT2D eigenvalue weighted by Gasteiger charge is -2.27. The SMILES string of the molecule is CCCCCCOc1ccc(-c2ccc(C3CCC(C=CCCc4ccc(CCCCC)cc4)CC3)cc2)c(F)c1F. The summed E-state index contributed by atoms with van der Waals surface area (Å²) >= 11 is 0. The summed E-state index contributed by atoms with van der Waals surface area (Å²) in [6.45, 7) is 4.81. The molecule has 0 saturated heterocycles. The molecule has 226 valence electrons. The van der Waals surface area contributed by atoms with E-state index in [1.807, 2.05) is 12.1 Å².